The van der Waals surface area contributed by atoms with Crippen LogP contribution in [0.15, 0.2) is 59.7 Å². The lowest BCUT2D eigenvalue weighted by Gasteiger charge is -2.08. The van der Waals surface area contributed by atoms with Crippen LogP contribution < -0.4 is 10.7 Å². The number of carbonyl (C=O) groups is 2. The van der Waals surface area contributed by atoms with E-state index >= 15 is 0 Å². The molecule has 0 aliphatic carbocycles. The molecular formula is C21H22N4O4. The molecule has 0 spiro atoms. The molecule has 0 saturated carbocycles. The highest BCUT2D eigenvalue weighted by atomic mass is 16.6. The number of amides is 2. The Morgan fingerprint density at radius 3 is 2.45 bits per heavy atom. The molecule has 2 rings (SSSR count). The van der Waals surface area contributed by atoms with Crippen molar-refractivity contribution in [2.75, 3.05) is 5.32 Å². The van der Waals surface area contributed by atoms with Crippen molar-refractivity contribution in [2.45, 2.75) is 26.7 Å². The summed E-state index contributed by atoms with van der Waals surface area (Å²) in [4.78, 5) is 34.1. The van der Waals surface area contributed by atoms with Crippen molar-refractivity contribution in [1.29, 1.82) is 0 Å². The summed E-state index contributed by atoms with van der Waals surface area (Å²) in [5.74, 6) is -0.741. The van der Waals surface area contributed by atoms with Crippen LogP contribution >= 0.6 is 0 Å². The minimum atomic E-state index is -0.500. The molecule has 2 N–H and O–H groups in total. The van der Waals surface area contributed by atoms with Gasteiger partial charge in [0, 0.05) is 30.7 Å². The normalized spacial score (nSPS) is 11.3. The van der Waals surface area contributed by atoms with E-state index in [1.54, 1.807) is 19.9 Å². The molecule has 0 atom stereocenters. The maximum absolute atomic E-state index is 12.0. The summed E-state index contributed by atoms with van der Waals surface area (Å²) in [6, 6.07) is 13.9. The van der Waals surface area contributed by atoms with Gasteiger partial charge in [-0.1, -0.05) is 36.4 Å². The van der Waals surface area contributed by atoms with Crippen LogP contribution in [0.1, 0.15) is 30.9 Å². The quantitative estimate of drug-likeness (QED) is 0.402. The molecule has 0 unspecified atom stereocenters. The number of nitrogens with one attached hydrogen (secondary N) is 2. The number of hydrogen-bond donors (Lipinski definition) is 2. The molecule has 0 saturated heterocycles. The number of nitrogens with zero attached hydrogens (tertiary/aromatic N) is 2. The predicted octanol–water partition coefficient (Wildman–Crippen LogP) is 3.83. The smallest absolute Gasteiger partial charge is 0.269 e. The van der Waals surface area contributed by atoms with Gasteiger partial charge in [0.2, 0.25) is 11.8 Å². The van der Waals surface area contributed by atoms with Gasteiger partial charge in [-0.25, -0.2) is 5.43 Å². The number of anilines is 1. The molecule has 0 radical (unpaired) electrons. The van der Waals surface area contributed by atoms with Crippen molar-refractivity contribution in [3.8, 4) is 0 Å². The van der Waals surface area contributed by atoms with Crippen molar-refractivity contribution >= 4 is 35.0 Å². The Balaban J connectivity index is 1.79. The van der Waals surface area contributed by atoms with Crippen LogP contribution in [0, 0.1) is 17.0 Å². The van der Waals surface area contributed by atoms with Gasteiger partial charge in [-0.15, -0.1) is 0 Å². The standard InChI is InChI=1S/C21H22N4O4/c1-15-14-18(25(28)29)10-11-19(15)22-20(26)12-13-21(27)24-23-16(2)8-9-17-6-4-3-5-7-17/h3-11,14H,12-13H2,1-2H3,(H,22,26)(H,24,27)/b9-8+,23-16?. The van der Waals surface area contributed by atoms with Gasteiger partial charge in [-0.2, -0.15) is 5.10 Å². The number of hydrazone groups is 1. The highest BCUT2D eigenvalue weighted by Crippen LogP contribution is 2.21. The van der Waals surface area contributed by atoms with E-state index in [0.717, 1.165) is 5.56 Å². The zero-order valence-corrected chi connectivity index (χ0v) is 16.2. The van der Waals surface area contributed by atoms with E-state index in [1.165, 1.54) is 18.2 Å². The van der Waals surface area contributed by atoms with E-state index in [1.807, 2.05) is 36.4 Å². The van der Waals surface area contributed by atoms with Crippen LogP contribution in [0.25, 0.3) is 6.08 Å². The van der Waals surface area contributed by atoms with Gasteiger partial charge in [-0.3, -0.25) is 19.7 Å². The summed E-state index contributed by atoms with van der Waals surface area (Å²) >= 11 is 0. The molecule has 0 fully saturated rings. The number of rotatable bonds is 8. The molecule has 150 valence electrons. The van der Waals surface area contributed by atoms with Crippen molar-refractivity contribution < 1.29 is 14.5 Å². The largest absolute Gasteiger partial charge is 0.326 e. The summed E-state index contributed by atoms with van der Waals surface area (Å²) in [6.07, 6.45) is 3.60. The summed E-state index contributed by atoms with van der Waals surface area (Å²) in [5, 5.41) is 17.4. The lowest BCUT2D eigenvalue weighted by molar-refractivity contribution is -0.384. The topological polar surface area (TPSA) is 114 Å². The van der Waals surface area contributed by atoms with Crippen LogP contribution in [0.4, 0.5) is 11.4 Å². The summed E-state index contributed by atoms with van der Waals surface area (Å²) in [5.41, 5.74) is 5.05. The summed E-state index contributed by atoms with van der Waals surface area (Å²) < 4.78 is 0. The third-order valence-electron chi connectivity index (χ3n) is 3.95. The first-order valence-electron chi connectivity index (χ1n) is 8.96. The minimum absolute atomic E-state index is 0.0307. The predicted molar refractivity (Wildman–Crippen MR) is 112 cm³/mol. The monoisotopic (exact) mass is 394 g/mol. The van der Waals surface area contributed by atoms with Gasteiger partial charge < -0.3 is 5.32 Å². The summed E-state index contributed by atoms with van der Waals surface area (Å²) in [6.45, 7) is 3.42. The number of aryl methyl sites for hydroxylation is 1. The highest BCUT2D eigenvalue weighted by molar-refractivity contribution is 5.97. The zero-order valence-electron chi connectivity index (χ0n) is 16.2. The molecule has 0 aliphatic heterocycles. The first-order chi connectivity index (χ1) is 13.8. The average molecular weight is 394 g/mol. The molecular weight excluding hydrogens is 372 g/mol. The maximum atomic E-state index is 12.0. The Labute approximate surface area is 168 Å². The fourth-order valence-electron chi connectivity index (χ4n) is 2.37. The Hall–Kier alpha value is -3.81. The third-order valence-corrected chi connectivity index (χ3v) is 3.95. The second kappa shape index (κ2) is 10.5. The molecule has 0 bridgehead atoms. The number of non-ortho nitro benzene ring substituents is 1. The third kappa shape index (κ3) is 7.37. The van der Waals surface area contributed by atoms with Crippen molar-refractivity contribution in [1.82, 2.24) is 5.43 Å². The number of carbonyl (C=O) groups excluding carboxylic acids is 2. The molecule has 2 aromatic carbocycles. The lowest BCUT2D eigenvalue weighted by atomic mass is 10.1. The molecule has 2 aromatic rings. The molecule has 2 amide bonds. The number of nitro benzene ring substituents is 1. The number of benzene rings is 2. The van der Waals surface area contributed by atoms with Crippen LogP contribution in [-0.4, -0.2) is 22.4 Å². The maximum Gasteiger partial charge on any atom is 0.269 e. The van der Waals surface area contributed by atoms with E-state index in [4.69, 9.17) is 0 Å². The van der Waals surface area contributed by atoms with Crippen LogP contribution in [0.2, 0.25) is 0 Å². The minimum Gasteiger partial charge on any atom is -0.326 e. The molecule has 0 heterocycles. The van der Waals surface area contributed by atoms with Gasteiger partial charge in [0.15, 0.2) is 0 Å². The first-order valence-corrected chi connectivity index (χ1v) is 8.96. The van der Waals surface area contributed by atoms with Crippen LogP contribution in [0.3, 0.4) is 0 Å². The highest BCUT2D eigenvalue weighted by Gasteiger charge is 2.11. The SMILES string of the molecule is CC(/C=C/c1ccccc1)=NNC(=O)CCC(=O)Nc1ccc([N+](=O)[O-])cc1C. The molecule has 0 aromatic heterocycles. The van der Waals surface area contributed by atoms with Gasteiger partial charge >= 0.3 is 0 Å². The van der Waals surface area contributed by atoms with E-state index in [2.05, 4.69) is 15.8 Å². The van der Waals surface area contributed by atoms with Gasteiger partial charge in [0.05, 0.1) is 10.6 Å². The molecule has 8 nitrogen and oxygen atoms in total. The van der Waals surface area contributed by atoms with Crippen molar-refractivity contribution in [3.05, 3.63) is 75.8 Å². The summed E-state index contributed by atoms with van der Waals surface area (Å²) in [7, 11) is 0. The Kier molecular flexibility index (Phi) is 7.78. The van der Waals surface area contributed by atoms with E-state index < -0.39 is 4.92 Å². The second-order valence-corrected chi connectivity index (χ2v) is 6.34. The van der Waals surface area contributed by atoms with Gasteiger partial charge in [0.25, 0.3) is 5.69 Å². The van der Waals surface area contributed by atoms with Crippen molar-refractivity contribution in [2.24, 2.45) is 5.10 Å². The van der Waals surface area contributed by atoms with Gasteiger partial charge in [-0.05, 0) is 37.1 Å². The number of nitro groups is 1. The second-order valence-electron chi connectivity index (χ2n) is 6.34. The fourth-order valence-corrected chi connectivity index (χ4v) is 2.37. The van der Waals surface area contributed by atoms with E-state index in [0.29, 0.717) is 17.0 Å². The van der Waals surface area contributed by atoms with Crippen molar-refractivity contribution in [3.63, 3.8) is 0 Å². The molecule has 0 aliphatic rings. The van der Waals surface area contributed by atoms with Crippen LogP contribution in [-0.2, 0) is 9.59 Å². The number of hydrogen-bond acceptors (Lipinski definition) is 5. The first kappa shape index (κ1) is 21.5. The Morgan fingerprint density at radius 2 is 1.79 bits per heavy atom. The molecule has 29 heavy (non-hydrogen) atoms. The van der Waals surface area contributed by atoms with E-state index in [-0.39, 0.29) is 30.3 Å². The van der Waals surface area contributed by atoms with Gasteiger partial charge in [0.1, 0.15) is 0 Å². The van der Waals surface area contributed by atoms with E-state index in [9.17, 15) is 19.7 Å². The van der Waals surface area contributed by atoms with Crippen LogP contribution in [0.5, 0.6) is 0 Å². The molecule has 8 heteroatoms. The fraction of sp³-hybridized carbons (Fsp3) is 0.190. The Morgan fingerprint density at radius 1 is 1.10 bits per heavy atom. The number of allylic oxidation sites excluding steroid dienone is 1. The average Bonchev–Trinajstić information content (AvgIpc) is 2.71. The zero-order chi connectivity index (χ0) is 21.2. The lowest BCUT2D eigenvalue weighted by Crippen LogP contribution is -2.21. The Bertz CT molecular complexity index is 952.